The summed E-state index contributed by atoms with van der Waals surface area (Å²) in [6.07, 6.45) is 1.64. The summed E-state index contributed by atoms with van der Waals surface area (Å²) >= 11 is 0. The molecule has 0 saturated heterocycles. The molecule has 2 aromatic rings. The minimum absolute atomic E-state index is 0.0408. The van der Waals surface area contributed by atoms with E-state index in [9.17, 15) is 0 Å². The monoisotopic (exact) mass is 256 g/mol. The number of anilines is 2. The van der Waals surface area contributed by atoms with E-state index in [1.54, 1.807) is 19.4 Å². The first-order valence-electron chi connectivity index (χ1n) is 5.80. The number of rotatable bonds is 4. The summed E-state index contributed by atoms with van der Waals surface area (Å²) < 4.78 is 5.21. The van der Waals surface area contributed by atoms with E-state index >= 15 is 0 Å². The van der Waals surface area contributed by atoms with Gasteiger partial charge in [0, 0.05) is 30.7 Å². The van der Waals surface area contributed by atoms with Crippen LogP contribution in [0.1, 0.15) is 5.69 Å². The minimum Gasteiger partial charge on any atom is -0.497 e. The van der Waals surface area contributed by atoms with Crippen LogP contribution < -0.4 is 15.4 Å². The van der Waals surface area contributed by atoms with Gasteiger partial charge in [0.25, 0.3) is 0 Å². The van der Waals surface area contributed by atoms with Gasteiger partial charge in [-0.3, -0.25) is 10.4 Å². The summed E-state index contributed by atoms with van der Waals surface area (Å²) in [7, 11) is 3.58. The largest absolute Gasteiger partial charge is 0.497 e. The molecule has 0 aliphatic heterocycles. The van der Waals surface area contributed by atoms with E-state index in [1.807, 2.05) is 42.3 Å². The number of nitrogens with zero attached hydrogens (tertiary/aromatic N) is 2. The van der Waals surface area contributed by atoms with Crippen molar-refractivity contribution in [2.45, 2.75) is 0 Å². The van der Waals surface area contributed by atoms with Gasteiger partial charge < -0.3 is 15.4 Å². The number of pyridine rings is 1. The Morgan fingerprint density at radius 1 is 1.26 bits per heavy atom. The van der Waals surface area contributed by atoms with Crippen molar-refractivity contribution in [3.63, 3.8) is 0 Å². The molecule has 1 aromatic carbocycles. The summed E-state index contributed by atoms with van der Waals surface area (Å²) in [5, 5.41) is 7.42. The molecule has 5 nitrogen and oxygen atoms in total. The lowest BCUT2D eigenvalue weighted by Gasteiger charge is -2.20. The molecule has 98 valence electrons. The van der Waals surface area contributed by atoms with Gasteiger partial charge in [0.15, 0.2) is 0 Å². The van der Waals surface area contributed by atoms with Crippen molar-refractivity contribution in [1.29, 1.82) is 5.41 Å². The molecule has 0 amide bonds. The standard InChI is InChI=1S/C14H16N4O/c1-18(10-4-3-5-12(8-10)19-2)11-6-7-17-13(9-11)14(15)16/h3-9H,1-2H3,(H3,15,16). The molecule has 1 heterocycles. The van der Waals surface area contributed by atoms with Crippen LogP contribution in [0.2, 0.25) is 0 Å². The molecule has 0 saturated carbocycles. The number of benzene rings is 1. The van der Waals surface area contributed by atoms with Crippen LogP contribution in [0, 0.1) is 5.41 Å². The molecule has 19 heavy (non-hydrogen) atoms. The summed E-state index contributed by atoms with van der Waals surface area (Å²) in [6.45, 7) is 0. The molecule has 2 rings (SSSR count). The second-order valence-corrected chi connectivity index (χ2v) is 4.07. The summed E-state index contributed by atoms with van der Waals surface area (Å²) in [5.41, 5.74) is 7.81. The molecule has 0 atom stereocenters. The molecule has 0 aliphatic rings. The van der Waals surface area contributed by atoms with Crippen LogP contribution in [0.4, 0.5) is 11.4 Å². The first-order valence-corrected chi connectivity index (χ1v) is 5.80. The Hall–Kier alpha value is -2.56. The van der Waals surface area contributed by atoms with Gasteiger partial charge in [0.05, 0.1) is 7.11 Å². The third kappa shape index (κ3) is 2.82. The molecule has 1 aromatic heterocycles. The smallest absolute Gasteiger partial charge is 0.141 e. The summed E-state index contributed by atoms with van der Waals surface area (Å²) in [5.74, 6) is 0.756. The molecule has 0 spiro atoms. The van der Waals surface area contributed by atoms with E-state index in [2.05, 4.69) is 4.98 Å². The fraction of sp³-hybridized carbons (Fsp3) is 0.143. The second-order valence-electron chi connectivity index (χ2n) is 4.07. The molecule has 0 fully saturated rings. The maximum atomic E-state index is 7.42. The zero-order chi connectivity index (χ0) is 13.8. The van der Waals surface area contributed by atoms with Crippen molar-refractivity contribution in [3.8, 4) is 5.75 Å². The Bertz CT molecular complexity index is 598. The van der Waals surface area contributed by atoms with Gasteiger partial charge in [-0.15, -0.1) is 0 Å². The van der Waals surface area contributed by atoms with E-state index < -0.39 is 0 Å². The molecular formula is C14H16N4O. The molecule has 0 radical (unpaired) electrons. The van der Waals surface area contributed by atoms with Crippen LogP contribution in [0.15, 0.2) is 42.6 Å². The number of nitrogens with one attached hydrogen (secondary N) is 1. The lowest BCUT2D eigenvalue weighted by atomic mass is 10.2. The van der Waals surface area contributed by atoms with Gasteiger partial charge in [-0.2, -0.15) is 0 Å². The Labute approximate surface area is 112 Å². The minimum atomic E-state index is -0.0408. The Balaban J connectivity index is 2.35. The number of methoxy groups -OCH3 is 1. The van der Waals surface area contributed by atoms with Gasteiger partial charge in [0.1, 0.15) is 17.3 Å². The van der Waals surface area contributed by atoms with Crippen LogP contribution in [0.5, 0.6) is 5.75 Å². The molecule has 3 N–H and O–H groups in total. The number of ether oxygens (including phenoxy) is 1. The quantitative estimate of drug-likeness (QED) is 0.649. The summed E-state index contributed by atoms with van der Waals surface area (Å²) in [4.78, 5) is 6.03. The first kappa shape index (κ1) is 12.9. The van der Waals surface area contributed by atoms with E-state index in [-0.39, 0.29) is 5.84 Å². The van der Waals surface area contributed by atoms with Gasteiger partial charge in [-0.05, 0) is 24.3 Å². The molecule has 5 heteroatoms. The number of nitrogens with two attached hydrogens (primary N) is 1. The highest BCUT2D eigenvalue weighted by atomic mass is 16.5. The predicted octanol–water partition coefficient (Wildman–Crippen LogP) is 2.14. The van der Waals surface area contributed by atoms with Gasteiger partial charge in [-0.25, -0.2) is 0 Å². The number of amidine groups is 1. The average Bonchev–Trinajstić information content (AvgIpc) is 2.46. The average molecular weight is 256 g/mol. The van der Waals surface area contributed by atoms with Crippen LogP contribution >= 0.6 is 0 Å². The first-order chi connectivity index (χ1) is 9.11. The maximum Gasteiger partial charge on any atom is 0.141 e. The van der Waals surface area contributed by atoms with Crippen molar-refractivity contribution < 1.29 is 4.74 Å². The van der Waals surface area contributed by atoms with Crippen LogP contribution in [-0.4, -0.2) is 25.0 Å². The van der Waals surface area contributed by atoms with E-state index in [0.717, 1.165) is 17.1 Å². The Morgan fingerprint density at radius 2 is 2.00 bits per heavy atom. The van der Waals surface area contributed by atoms with Crippen molar-refractivity contribution in [1.82, 2.24) is 4.98 Å². The van der Waals surface area contributed by atoms with Crippen molar-refractivity contribution in [2.24, 2.45) is 5.73 Å². The number of hydrogen-bond acceptors (Lipinski definition) is 4. The van der Waals surface area contributed by atoms with Crippen molar-refractivity contribution in [2.75, 3.05) is 19.1 Å². The lowest BCUT2D eigenvalue weighted by Crippen LogP contribution is -2.15. The third-order valence-electron chi connectivity index (χ3n) is 2.85. The molecular weight excluding hydrogens is 240 g/mol. The second kappa shape index (κ2) is 5.39. The zero-order valence-electron chi connectivity index (χ0n) is 10.9. The van der Waals surface area contributed by atoms with Gasteiger partial charge in [0.2, 0.25) is 0 Å². The van der Waals surface area contributed by atoms with E-state index in [1.165, 1.54) is 0 Å². The van der Waals surface area contributed by atoms with E-state index in [4.69, 9.17) is 15.9 Å². The van der Waals surface area contributed by atoms with E-state index in [0.29, 0.717) is 5.69 Å². The SMILES string of the molecule is COc1cccc(N(C)c2ccnc(C(=N)N)c2)c1. The normalized spacial score (nSPS) is 10.0. The fourth-order valence-corrected chi connectivity index (χ4v) is 1.74. The highest BCUT2D eigenvalue weighted by molar-refractivity contribution is 5.94. The zero-order valence-corrected chi connectivity index (χ0v) is 10.9. The number of hydrogen-bond donors (Lipinski definition) is 2. The van der Waals surface area contributed by atoms with Crippen molar-refractivity contribution in [3.05, 3.63) is 48.3 Å². The third-order valence-corrected chi connectivity index (χ3v) is 2.85. The van der Waals surface area contributed by atoms with Gasteiger partial charge >= 0.3 is 0 Å². The maximum absolute atomic E-state index is 7.42. The Kier molecular flexibility index (Phi) is 3.66. The highest BCUT2D eigenvalue weighted by Gasteiger charge is 2.07. The van der Waals surface area contributed by atoms with Crippen molar-refractivity contribution >= 4 is 17.2 Å². The summed E-state index contributed by atoms with van der Waals surface area (Å²) in [6, 6.07) is 11.4. The topological polar surface area (TPSA) is 75.2 Å². The lowest BCUT2D eigenvalue weighted by molar-refractivity contribution is 0.415. The number of aromatic nitrogens is 1. The fourth-order valence-electron chi connectivity index (χ4n) is 1.74. The highest BCUT2D eigenvalue weighted by Crippen LogP contribution is 2.26. The van der Waals surface area contributed by atoms with Gasteiger partial charge in [-0.1, -0.05) is 6.07 Å². The molecule has 0 bridgehead atoms. The van der Waals surface area contributed by atoms with Crippen LogP contribution in [-0.2, 0) is 0 Å². The van der Waals surface area contributed by atoms with Crippen LogP contribution in [0.25, 0.3) is 0 Å². The Morgan fingerprint density at radius 3 is 2.68 bits per heavy atom. The predicted molar refractivity (Wildman–Crippen MR) is 76.3 cm³/mol. The van der Waals surface area contributed by atoms with Crippen LogP contribution in [0.3, 0.4) is 0 Å². The molecule has 0 unspecified atom stereocenters. The number of nitrogen functional groups attached to an aromatic ring is 1. The molecule has 0 aliphatic carbocycles.